The second-order valence-electron chi connectivity index (χ2n) is 5.85. The molecule has 6 heteroatoms. The van der Waals surface area contributed by atoms with Crippen LogP contribution in [-0.2, 0) is 9.53 Å². The number of carboxylic acid groups (broad SMARTS) is 1. The number of carbonyl (C=O) groups excluding carboxylic acids is 1. The molecule has 1 saturated heterocycles. The van der Waals surface area contributed by atoms with Gasteiger partial charge in [-0.2, -0.15) is 0 Å². The quantitative estimate of drug-likeness (QED) is 0.852. The molecule has 0 aliphatic carbocycles. The predicted octanol–water partition coefficient (Wildman–Crippen LogP) is 2.10. The predicted molar refractivity (Wildman–Crippen MR) is 70.6 cm³/mol. The van der Waals surface area contributed by atoms with Crippen LogP contribution in [0, 0.1) is 0 Å². The Morgan fingerprint density at radius 2 is 1.74 bits per heavy atom. The molecule has 0 spiro atoms. The van der Waals surface area contributed by atoms with Crippen molar-refractivity contribution >= 4 is 12.1 Å². The van der Waals surface area contributed by atoms with Crippen LogP contribution in [0.4, 0.5) is 4.79 Å². The molecular weight excluding hydrogens is 248 g/mol. The molecule has 1 amide bonds. The van der Waals surface area contributed by atoms with Crippen molar-refractivity contribution in [1.82, 2.24) is 10.0 Å². The van der Waals surface area contributed by atoms with Gasteiger partial charge in [0.15, 0.2) is 0 Å². The number of amides is 1. The van der Waals surface area contributed by atoms with E-state index in [4.69, 9.17) is 9.84 Å². The standard InChI is InChI=1S/C13H24N2O4/c1-10(11(16)17)15(12(18)19-13(2,3)4)14-8-6-5-7-9-14/h10H,5-9H2,1-4H3,(H,16,17)/t10-/m1/s1. The Morgan fingerprint density at radius 3 is 2.16 bits per heavy atom. The fourth-order valence-corrected chi connectivity index (χ4v) is 2.02. The lowest BCUT2D eigenvalue weighted by molar-refractivity contribution is -0.152. The van der Waals surface area contributed by atoms with Gasteiger partial charge in [0.25, 0.3) is 0 Å². The van der Waals surface area contributed by atoms with Crippen LogP contribution < -0.4 is 0 Å². The van der Waals surface area contributed by atoms with Crippen LogP contribution >= 0.6 is 0 Å². The van der Waals surface area contributed by atoms with Gasteiger partial charge in [-0.05, 0) is 40.5 Å². The number of piperidine rings is 1. The molecular formula is C13H24N2O4. The number of hydrogen-bond acceptors (Lipinski definition) is 4. The lowest BCUT2D eigenvalue weighted by Crippen LogP contribution is -2.56. The topological polar surface area (TPSA) is 70.1 Å². The molecule has 1 fully saturated rings. The lowest BCUT2D eigenvalue weighted by Gasteiger charge is -2.39. The lowest BCUT2D eigenvalue weighted by atomic mass is 10.1. The number of aliphatic carboxylic acids is 1. The Morgan fingerprint density at radius 1 is 1.21 bits per heavy atom. The van der Waals surface area contributed by atoms with E-state index in [1.807, 2.05) is 0 Å². The number of rotatable bonds is 3. The first-order valence-corrected chi connectivity index (χ1v) is 6.72. The third-order valence-corrected chi connectivity index (χ3v) is 2.94. The van der Waals surface area contributed by atoms with E-state index in [0.717, 1.165) is 19.3 Å². The first kappa shape index (κ1) is 15.8. The van der Waals surface area contributed by atoms with Gasteiger partial charge in [0.2, 0.25) is 0 Å². The molecule has 19 heavy (non-hydrogen) atoms. The number of ether oxygens (including phenoxy) is 1. The maximum Gasteiger partial charge on any atom is 0.425 e. The molecule has 1 heterocycles. The molecule has 0 aromatic rings. The normalized spacial score (nSPS) is 18.7. The van der Waals surface area contributed by atoms with Gasteiger partial charge < -0.3 is 9.84 Å². The Hall–Kier alpha value is -1.30. The average molecular weight is 272 g/mol. The monoisotopic (exact) mass is 272 g/mol. The van der Waals surface area contributed by atoms with E-state index in [2.05, 4.69) is 0 Å². The smallest absolute Gasteiger partial charge is 0.425 e. The largest absolute Gasteiger partial charge is 0.480 e. The van der Waals surface area contributed by atoms with Gasteiger partial charge in [0, 0.05) is 13.1 Å². The van der Waals surface area contributed by atoms with E-state index >= 15 is 0 Å². The van der Waals surface area contributed by atoms with Crippen LogP contribution in [0.1, 0.15) is 47.0 Å². The zero-order valence-electron chi connectivity index (χ0n) is 12.2. The van der Waals surface area contributed by atoms with Crippen molar-refractivity contribution in [2.24, 2.45) is 0 Å². The Kier molecular flexibility index (Phi) is 5.17. The summed E-state index contributed by atoms with van der Waals surface area (Å²) < 4.78 is 5.31. The Bertz CT molecular complexity index is 332. The minimum Gasteiger partial charge on any atom is -0.480 e. The summed E-state index contributed by atoms with van der Waals surface area (Å²) in [5.41, 5.74) is -0.636. The average Bonchev–Trinajstić information content (AvgIpc) is 2.28. The van der Waals surface area contributed by atoms with Crippen molar-refractivity contribution in [3.05, 3.63) is 0 Å². The highest BCUT2D eigenvalue weighted by molar-refractivity contribution is 5.79. The maximum absolute atomic E-state index is 12.2. The minimum absolute atomic E-state index is 0.593. The zero-order valence-corrected chi connectivity index (χ0v) is 12.2. The number of carboxylic acids is 1. The SMILES string of the molecule is C[C@H](C(=O)O)N(C(=O)OC(C)(C)C)N1CCCCC1. The second kappa shape index (κ2) is 6.23. The summed E-state index contributed by atoms with van der Waals surface area (Å²) in [6.07, 6.45) is 2.45. The van der Waals surface area contributed by atoms with Crippen LogP contribution in [0.2, 0.25) is 0 Å². The first-order valence-electron chi connectivity index (χ1n) is 6.72. The molecule has 0 bridgehead atoms. The fraction of sp³-hybridized carbons (Fsp3) is 0.846. The van der Waals surface area contributed by atoms with Crippen LogP contribution in [0.25, 0.3) is 0 Å². The molecule has 0 aromatic carbocycles. The van der Waals surface area contributed by atoms with Crippen molar-refractivity contribution in [3.63, 3.8) is 0 Å². The molecule has 1 N–H and O–H groups in total. The summed E-state index contributed by atoms with van der Waals surface area (Å²) in [5.74, 6) is -1.03. The third-order valence-electron chi connectivity index (χ3n) is 2.94. The van der Waals surface area contributed by atoms with Crippen molar-refractivity contribution in [2.45, 2.75) is 58.6 Å². The molecule has 0 radical (unpaired) electrons. The summed E-state index contributed by atoms with van der Waals surface area (Å²) in [7, 11) is 0. The number of carbonyl (C=O) groups is 2. The molecule has 0 saturated carbocycles. The van der Waals surface area contributed by atoms with Crippen LogP contribution in [0.15, 0.2) is 0 Å². The number of hydrogen-bond donors (Lipinski definition) is 1. The van der Waals surface area contributed by atoms with Crippen molar-refractivity contribution in [2.75, 3.05) is 13.1 Å². The van der Waals surface area contributed by atoms with E-state index < -0.39 is 23.7 Å². The Labute approximate surface area is 114 Å². The molecule has 0 unspecified atom stereocenters. The Balaban J connectivity index is 2.84. The zero-order chi connectivity index (χ0) is 14.6. The maximum atomic E-state index is 12.2. The van der Waals surface area contributed by atoms with Gasteiger partial charge in [-0.1, -0.05) is 6.42 Å². The van der Waals surface area contributed by atoms with E-state index in [1.165, 1.54) is 11.9 Å². The second-order valence-corrected chi connectivity index (χ2v) is 5.85. The summed E-state index contributed by atoms with van der Waals surface area (Å²) >= 11 is 0. The van der Waals surface area contributed by atoms with Gasteiger partial charge in [-0.3, -0.25) is 0 Å². The molecule has 6 nitrogen and oxygen atoms in total. The highest BCUT2D eigenvalue weighted by Crippen LogP contribution is 2.18. The van der Waals surface area contributed by atoms with Crippen molar-refractivity contribution in [3.8, 4) is 0 Å². The van der Waals surface area contributed by atoms with Crippen LogP contribution in [-0.4, -0.2) is 51.9 Å². The minimum atomic E-state index is -1.03. The van der Waals surface area contributed by atoms with E-state index in [9.17, 15) is 9.59 Å². The highest BCUT2D eigenvalue weighted by Gasteiger charge is 2.34. The molecule has 1 aliphatic heterocycles. The van der Waals surface area contributed by atoms with Gasteiger partial charge in [-0.25, -0.2) is 19.6 Å². The van der Waals surface area contributed by atoms with E-state index in [1.54, 1.807) is 25.8 Å². The third kappa shape index (κ3) is 4.70. The van der Waals surface area contributed by atoms with Crippen molar-refractivity contribution in [1.29, 1.82) is 0 Å². The van der Waals surface area contributed by atoms with Crippen LogP contribution in [0.5, 0.6) is 0 Å². The summed E-state index contributed by atoms with van der Waals surface area (Å²) in [4.78, 5) is 23.4. The van der Waals surface area contributed by atoms with Gasteiger partial charge in [0.1, 0.15) is 11.6 Å². The molecule has 1 aliphatic rings. The van der Waals surface area contributed by atoms with Gasteiger partial charge in [-0.15, -0.1) is 0 Å². The van der Waals surface area contributed by atoms with E-state index in [-0.39, 0.29) is 0 Å². The molecule has 1 rings (SSSR count). The summed E-state index contributed by atoms with van der Waals surface area (Å²) in [6, 6.07) is -0.923. The number of hydrazine groups is 1. The van der Waals surface area contributed by atoms with Gasteiger partial charge in [0.05, 0.1) is 0 Å². The first-order chi connectivity index (χ1) is 8.72. The van der Waals surface area contributed by atoms with E-state index in [0.29, 0.717) is 13.1 Å². The highest BCUT2D eigenvalue weighted by atomic mass is 16.6. The summed E-state index contributed by atoms with van der Waals surface area (Å²) in [5, 5.41) is 12.2. The van der Waals surface area contributed by atoms with Gasteiger partial charge >= 0.3 is 12.1 Å². The van der Waals surface area contributed by atoms with Crippen molar-refractivity contribution < 1.29 is 19.4 Å². The van der Waals surface area contributed by atoms with Crippen LogP contribution in [0.3, 0.4) is 0 Å². The number of nitrogens with zero attached hydrogens (tertiary/aromatic N) is 2. The molecule has 1 atom stereocenters. The summed E-state index contributed by atoms with van der Waals surface area (Å²) in [6.45, 7) is 8.19. The fourth-order valence-electron chi connectivity index (χ4n) is 2.02. The molecule has 0 aromatic heterocycles. The molecule has 110 valence electrons.